The van der Waals surface area contributed by atoms with Crippen LogP contribution in [0, 0.1) is 5.82 Å². The fourth-order valence-electron chi connectivity index (χ4n) is 2.09. The van der Waals surface area contributed by atoms with Crippen molar-refractivity contribution in [1.82, 2.24) is 0 Å². The Morgan fingerprint density at radius 3 is 2.64 bits per heavy atom. The lowest BCUT2D eigenvalue weighted by molar-refractivity contribution is -0.129. The first-order valence-electron chi connectivity index (χ1n) is 6.59. The molecule has 1 heterocycles. The van der Waals surface area contributed by atoms with Crippen LogP contribution in [-0.2, 0) is 9.53 Å². The van der Waals surface area contributed by atoms with Gasteiger partial charge >= 0.3 is 5.97 Å². The summed E-state index contributed by atoms with van der Waals surface area (Å²) in [4.78, 5) is 16.0. The molecular formula is C17H12FNO3. The van der Waals surface area contributed by atoms with Crippen molar-refractivity contribution < 1.29 is 18.7 Å². The summed E-state index contributed by atoms with van der Waals surface area (Å²) >= 11 is 0. The second-order valence-electron chi connectivity index (χ2n) is 4.56. The zero-order valence-corrected chi connectivity index (χ0v) is 11.7. The Morgan fingerprint density at radius 1 is 1.14 bits per heavy atom. The summed E-state index contributed by atoms with van der Waals surface area (Å²) in [7, 11) is 1.52. The highest BCUT2D eigenvalue weighted by Gasteiger charge is 2.26. The summed E-state index contributed by atoms with van der Waals surface area (Å²) in [6.45, 7) is 0. The first kappa shape index (κ1) is 14.0. The molecule has 0 spiro atoms. The van der Waals surface area contributed by atoms with E-state index in [4.69, 9.17) is 9.47 Å². The van der Waals surface area contributed by atoms with Crippen molar-refractivity contribution in [3.05, 3.63) is 71.2 Å². The van der Waals surface area contributed by atoms with Gasteiger partial charge in [0.25, 0.3) is 0 Å². The van der Waals surface area contributed by atoms with Crippen LogP contribution in [0.15, 0.2) is 59.2 Å². The molecule has 22 heavy (non-hydrogen) atoms. The highest BCUT2D eigenvalue weighted by molar-refractivity contribution is 6.13. The van der Waals surface area contributed by atoms with E-state index >= 15 is 0 Å². The summed E-state index contributed by atoms with van der Waals surface area (Å²) in [6, 6.07) is 13.2. The lowest BCUT2D eigenvalue weighted by Gasteiger charge is -2.05. The fraction of sp³-hybridized carbons (Fsp3) is 0.0588. The molecule has 1 aliphatic heterocycles. The lowest BCUT2D eigenvalue weighted by Crippen LogP contribution is -2.06. The number of rotatable bonds is 3. The Hall–Kier alpha value is -2.95. The minimum atomic E-state index is -0.621. The number of carbonyl (C=O) groups is 1. The van der Waals surface area contributed by atoms with Gasteiger partial charge in [-0.05, 0) is 24.3 Å². The number of benzene rings is 2. The second-order valence-corrected chi connectivity index (χ2v) is 4.56. The molecule has 0 fully saturated rings. The zero-order chi connectivity index (χ0) is 15.5. The summed E-state index contributed by atoms with van der Waals surface area (Å²) in [5.74, 6) is -0.362. The Labute approximate surface area is 126 Å². The smallest absolute Gasteiger partial charge is 0.363 e. The maximum atomic E-state index is 13.6. The van der Waals surface area contributed by atoms with Crippen LogP contribution in [0.3, 0.4) is 0 Å². The molecule has 0 atom stereocenters. The van der Waals surface area contributed by atoms with Crippen LogP contribution in [0.25, 0.3) is 6.08 Å². The van der Waals surface area contributed by atoms with Crippen LogP contribution in [0.5, 0.6) is 5.75 Å². The molecule has 0 aliphatic carbocycles. The number of ether oxygens (including phenoxy) is 2. The predicted molar refractivity (Wildman–Crippen MR) is 80.0 cm³/mol. The van der Waals surface area contributed by atoms with E-state index in [1.807, 2.05) is 0 Å². The maximum absolute atomic E-state index is 13.6. The number of para-hydroxylation sites is 1. The monoisotopic (exact) mass is 297 g/mol. The Balaban J connectivity index is 2.00. The third-order valence-corrected chi connectivity index (χ3v) is 3.16. The van der Waals surface area contributed by atoms with Crippen molar-refractivity contribution in [2.24, 2.45) is 4.99 Å². The van der Waals surface area contributed by atoms with Gasteiger partial charge in [0.1, 0.15) is 11.6 Å². The number of methoxy groups -OCH3 is 1. The Kier molecular flexibility index (Phi) is 3.70. The summed E-state index contributed by atoms with van der Waals surface area (Å²) in [6.07, 6.45) is 1.36. The van der Waals surface area contributed by atoms with Gasteiger partial charge in [-0.2, -0.15) is 0 Å². The molecule has 110 valence electrons. The van der Waals surface area contributed by atoms with E-state index in [2.05, 4.69) is 4.99 Å². The van der Waals surface area contributed by atoms with Gasteiger partial charge in [-0.3, -0.25) is 0 Å². The van der Waals surface area contributed by atoms with E-state index in [0.717, 1.165) is 0 Å². The number of hydrogen-bond acceptors (Lipinski definition) is 4. The molecule has 0 bridgehead atoms. The van der Waals surface area contributed by atoms with E-state index in [0.29, 0.717) is 11.3 Å². The number of esters is 1. The maximum Gasteiger partial charge on any atom is 0.363 e. The standard InChI is InChI=1S/C17H12FNO3/c1-21-15-9-5-3-7-12(15)16-19-14(17(20)22-16)10-11-6-2-4-8-13(11)18/h2-10H,1H3. The minimum Gasteiger partial charge on any atom is -0.496 e. The van der Waals surface area contributed by atoms with Crippen molar-refractivity contribution in [2.45, 2.75) is 0 Å². The molecule has 5 heteroatoms. The van der Waals surface area contributed by atoms with Gasteiger partial charge in [-0.1, -0.05) is 30.3 Å². The average molecular weight is 297 g/mol. The summed E-state index contributed by atoms with van der Waals surface area (Å²) < 4.78 is 24.0. The number of carbonyl (C=O) groups excluding carboxylic acids is 1. The van der Waals surface area contributed by atoms with Crippen LogP contribution in [0.1, 0.15) is 11.1 Å². The van der Waals surface area contributed by atoms with E-state index in [9.17, 15) is 9.18 Å². The molecular weight excluding hydrogens is 285 g/mol. The van der Waals surface area contributed by atoms with Gasteiger partial charge in [-0.25, -0.2) is 14.2 Å². The van der Waals surface area contributed by atoms with Crippen LogP contribution in [0.4, 0.5) is 4.39 Å². The molecule has 1 aliphatic rings. The van der Waals surface area contributed by atoms with Crippen molar-refractivity contribution in [2.75, 3.05) is 7.11 Å². The van der Waals surface area contributed by atoms with E-state index in [1.54, 1.807) is 42.5 Å². The molecule has 0 aromatic heterocycles. The van der Waals surface area contributed by atoms with Gasteiger partial charge in [-0.15, -0.1) is 0 Å². The largest absolute Gasteiger partial charge is 0.496 e. The fourth-order valence-corrected chi connectivity index (χ4v) is 2.09. The van der Waals surface area contributed by atoms with Crippen molar-refractivity contribution >= 4 is 17.9 Å². The van der Waals surface area contributed by atoms with Crippen molar-refractivity contribution in [3.8, 4) is 5.75 Å². The lowest BCUT2D eigenvalue weighted by atomic mass is 10.2. The van der Waals surface area contributed by atoms with Gasteiger partial charge in [0.05, 0.1) is 12.7 Å². The number of cyclic esters (lactones) is 1. The van der Waals surface area contributed by atoms with E-state index in [1.165, 1.54) is 19.3 Å². The van der Waals surface area contributed by atoms with E-state index < -0.39 is 11.8 Å². The van der Waals surface area contributed by atoms with Gasteiger partial charge in [0.2, 0.25) is 5.90 Å². The van der Waals surface area contributed by atoms with Crippen LogP contribution >= 0.6 is 0 Å². The topological polar surface area (TPSA) is 47.9 Å². The van der Waals surface area contributed by atoms with Crippen molar-refractivity contribution in [3.63, 3.8) is 0 Å². The second kappa shape index (κ2) is 5.81. The summed E-state index contributed by atoms with van der Waals surface area (Å²) in [5, 5.41) is 0. The summed E-state index contributed by atoms with van der Waals surface area (Å²) in [5.41, 5.74) is 0.890. The number of nitrogens with zero attached hydrogens (tertiary/aromatic N) is 1. The molecule has 0 unspecified atom stereocenters. The Morgan fingerprint density at radius 2 is 1.86 bits per heavy atom. The zero-order valence-electron chi connectivity index (χ0n) is 11.7. The Bertz CT molecular complexity index is 796. The molecule has 3 rings (SSSR count). The third kappa shape index (κ3) is 2.61. The van der Waals surface area contributed by atoms with Gasteiger partial charge in [0.15, 0.2) is 5.70 Å². The molecule has 2 aromatic carbocycles. The quantitative estimate of drug-likeness (QED) is 0.646. The minimum absolute atomic E-state index is 0.0472. The van der Waals surface area contributed by atoms with Crippen molar-refractivity contribution in [1.29, 1.82) is 0 Å². The first-order valence-corrected chi connectivity index (χ1v) is 6.59. The molecule has 0 saturated heterocycles. The highest BCUT2D eigenvalue weighted by atomic mass is 19.1. The van der Waals surface area contributed by atoms with Crippen LogP contribution in [-0.4, -0.2) is 19.0 Å². The van der Waals surface area contributed by atoms with Crippen LogP contribution < -0.4 is 4.74 Å². The number of halogens is 1. The molecule has 0 N–H and O–H groups in total. The van der Waals surface area contributed by atoms with E-state index in [-0.39, 0.29) is 17.2 Å². The van der Waals surface area contributed by atoms with Crippen LogP contribution in [0.2, 0.25) is 0 Å². The van der Waals surface area contributed by atoms with Gasteiger partial charge < -0.3 is 9.47 Å². The highest BCUT2D eigenvalue weighted by Crippen LogP contribution is 2.25. The SMILES string of the molecule is COc1ccccc1C1=NC(=Cc2ccccc2F)C(=O)O1. The predicted octanol–water partition coefficient (Wildman–Crippen LogP) is 3.18. The normalized spacial score (nSPS) is 15.6. The number of aliphatic imine (C=N–C) groups is 1. The average Bonchev–Trinajstić information content (AvgIpc) is 2.90. The number of hydrogen-bond donors (Lipinski definition) is 0. The molecule has 2 aromatic rings. The van der Waals surface area contributed by atoms with Gasteiger partial charge in [0, 0.05) is 5.56 Å². The third-order valence-electron chi connectivity index (χ3n) is 3.16. The molecule has 0 saturated carbocycles. The first-order chi connectivity index (χ1) is 10.7. The molecule has 4 nitrogen and oxygen atoms in total. The molecule has 0 amide bonds. The molecule has 0 radical (unpaired) electrons.